The smallest absolute Gasteiger partial charge is 0.274 e. The van der Waals surface area contributed by atoms with Crippen molar-refractivity contribution in [2.24, 2.45) is 0 Å². The van der Waals surface area contributed by atoms with E-state index in [0.717, 1.165) is 0 Å². The summed E-state index contributed by atoms with van der Waals surface area (Å²) in [6.07, 6.45) is -0.293. The molecule has 0 atom stereocenters. The van der Waals surface area contributed by atoms with Gasteiger partial charge in [-0.15, -0.1) is 23.2 Å². The molecule has 15 heavy (non-hydrogen) atoms. The van der Waals surface area contributed by atoms with E-state index in [0.29, 0.717) is 0 Å². The van der Waals surface area contributed by atoms with Crippen LogP contribution in [0.2, 0.25) is 0 Å². The number of halogens is 2. The Labute approximate surface area is 97.5 Å². The van der Waals surface area contributed by atoms with Gasteiger partial charge >= 0.3 is 10.2 Å². The van der Waals surface area contributed by atoms with Gasteiger partial charge in [-0.3, -0.25) is 9.59 Å². The van der Waals surface area contributed by atoms with Crippen molar-refractivity contribution in [3.63, 3.8) is 0 Å². The normalized spacial score (nSPS) is 10.8. The average Bonchev–Trinajstić information content (AvgIpc) is 2.01. The lowest BCUT2D eigenvalue weighted by molar-refractivity contribution is -0.118. The Balaban J connectivity index is 4.19. The molecule has 88 valence electrons. The van der Waals surface area contributed by atoms with Crippen LogP contribution < -0.4 is 9.44 Å². The number of hydrogen-bond donors (Lipinski definition) is 2. The van der Waals surface area contributed by atoms with E-state index in [1.54, 1.807) is 9.44 Å². The van der Waals surface area contributed by atoms with Gasteiger partial charge in [-0.25, -0.2) is 9.44 Å². The van der Waals surface area contributed by atoms with Crippen molar-refractivity contribution in [3.8, 4) is 0 Å². The summed E-state index contributed by atoms with van der Waals surface area (Å²) < 4.78 is 25.3. The minimum atomic E-state index is -4.14. The molecular weight excluding hydrogens is 267 g/mol. The van der Waals surface area contributed by atoms with Crippen LogP contribution >= 0.6 is 23.2 Å². The predicted octanol–water partition coefficient (Wildman–Crippen LogP) is -0.279. The van der Waals surface area contributed by atoms with E-state index >= 15 is 0 Å². The Morgan fingerprint density at radius 1 is 0.933 bits per heavy atom. The molecule has 0 saturated heterocycles. The number of carbonyl (C=O) groups is 2. The first-order chi connectivity index (χ1) is 6.91. The minimum Gasteiger partial charge on any atom is -0.274 e. The third kappa shape index (κ3) is 7.40. The third-order valence-corrected chi connectivity index (χ3v) is 2.51. The van der Waals surface area contributed by atoms with Gasteiger partial charge in [0.25, 0.3) is 0 Å². The van der Waals surface area contributed by atoms with Gasteiger partial charge in [0.1, 0.15) is 0 Å². The largest absolute Gasteiger partial charge is 0.325 e. The molecule has 9 heteroatoms. The SMILES string of the molecule is O=C(CCCl)NS(=O)(=O)NC(=O)CCCl. The van der Waals surface area contributed by atoms with Gasteiger partial charge in [-0.1, -0.05) is 0 Å². The van der Waals surface area contributed by atoms with Crippen molar-refractivity contribution < 1.29 is 18.0 Å². The lowest BCUT2D eigenvalue weighted by Crippen LogP contribution is -2.43. The minimum absolute atomic E-state index is 0.00300. The maximum atomic E-state index is 11.1. The van der Waals surface area contributed by atoms with Gasteiger partial charge in [-0.05, 0) is 0 Å². The van der Waals surface area contributed by atoms with E-state index in [1.165, 1.54) is 0 Å². The van der Waals surface area contributed by atoms with Crippen molar-refractivity contribution >= 4 is 45.2 Å². The maximum Gasteiger partial charge on any atom is 0.325 e. The molecule has 0 spiro atoms. The van der Waals surface area contributed by atoms with Crippen LogP contribution in [0.15, 0.2) is 0 Å². The molecule has 0 heterocycles. The molecule has 2 amide bonds. The molecule has 0 fully saturated rings. The molecule has 0 unspecified atom stereocenters. The van der Waals surface area contributed by atoms with E-state index < -0.39 is 22.0 Å². The van der Waals surface area contributed by atoms with Crippen molar-refractivity contribution in [1.82, 2.24) is 9.44 Å². The highest BCUT2D eigenvalue weighted by Gasteiger charge is 2.16. The Hall–Kier alpha value is -0.530. The third-order valence-electron chi connectivity index (χ3n) is 1.14. The monoisotopic (exact) mass is 276 g/mol. The zero-order chi connectivity index (χ0) is 11.9. The number of nitrogens with one attached hydrogen (secondary N) is 2. The van der Waals surface area contributed by atoms with Crippen molar-refractivity contribution in [2.75, 3.05) is 11.8 Å². The van der Waals surface area contributed by atoms with Crippen LogP contribution in [0.3, 0.4) is 0 Å². The highest BCUT2D eigenvalue weighted by atomic mass is 35.5. The molecule has 0 aliphatic rings. The van der Waals surface area contributed by atoms with E-state index in [9.17, 15) is 18.0 Å². The molecule has 2 N–H and O–H groups in total. The molecule has 0 aromatic rings. The fourth-order valence-corrected chi connectivity index (χ4v) is 1.80. The molecule has 0 aliphatic heterocycles. The van der Waals surface area contributed by atoms with Gasteiger partial charge in [0, 0.05) is 24.6 Å². The van der Waals surface area contributed by atoms with Crippen LogP contribution in [0, 0.1) is 0 Å². The van der Waals surface area contributed by atoms with Crippen molar-refractivity contribution in [1.29, 1.82) is 0 Å². The van der Waals surface area contributed by atoms with Gasteiger partial charge in [0.2, 0.25) is 11.8 Å². The van der Waals surface area contributed by atoms with Crippen molar-refractivity contribution in [3.05, 3.63) is 0 Å². The number of alkyl halides is 2. The van der Waals surface area contributed by atoms with Gasteiger partial charge in [0.15, 0.2) is 0 Å². The Bertz CT molecular complexity index is 304. The highest BCUT2D eigenvalue weighted by Crippen LogP contribution is 1.89. The molecule has 0 aliphatic carbocycles. The fourth-order valence-electron chi connectivity index (χ4n) is 0.599. The van der Waals surface area contributed by atoms with E-state index in [2.05, 4.69) is 0 Å². The fraction of sp³-hybridized carbons (Fsp3) is 0.667. The quantitative estimate of drug-likeness (QED) is 0.653. The van der Waals surface area contributed by atoms with Crippen LogP contribution in [0.1, 0.15) is 12.8 Å². The summed E-state index contributed by atoms with van der Waals surface area (Å²) in [5.74, 6) is -1.57. The number of rotatable bonds is 6. The summed E-state index contributed by atoms with van der Waals surface area (Å²) in [6.45, 7) is 0. The lowest BCUT2D eigenvalue weighted by atomic mass is 10.5. The van der Waals surface area contributed by atoms with Crippen LogP contribution in [0.4, 0.5) is 0 Å². The standard InChI is InChI=1S/C6H10Cl2N2O4S/c7-3-1-5(11)9-15(13,14)10-6(12)2-4-8/h1-4H2,(H,9,11)(H,10,12). The predicted molar refractivity (Wildman–Crippen MR) is 55.9 cm³/mol. The van der Waals surface area contributed by atoms with Crippen LogP contribution in [-0.2, 0) is 19.8 Å². The molecule has 0 aromatic heterocycles. The molecule has 0 rings (SSSR count). The Morgan fingerprint density at radius 2 is 1.27 bits per heavy atom. The first-order valence-corrected chi connectivity index (χ1v) is 6.44. The highest BCUT2D eigenvalue weighted by molar-refractivity contribution is 7.88. The maximum absolute atomic E-state index is 11.1. The van der Waals surface area contributed by atoms with Gasteiger partial charge in [-0.2, -0.15) is 8.42 Å². The summed E-state index contributed by atoms with van der Waals surface area (Å²) in [5, 5.41) is 0. The summed E-state index contributed by atoms with van der Waals surface area (Å²) >= 11 is 10.4. The molecular formula is C6H10Cl2N2O4S. The average molecular weight is 277 g/mol. The number of amides is 2. The molecule has 0 radical (unpaired) electrons. The summed E-state index contributed by atoms with van der Waals surface area (Å²) in [6, 6.07) is 0. The van der Waals surface area contributed by atoms with Crippen LogP contribution in [0.25, 0.3) is 0 Å². The van der Waals surface area contributed by atoms with E-state index in [4.69, 9.17) is 23.2 Å². The van der Waals surface area contributed by atoms with E-state index in [-0.39, 0.29) is 24.6 Å². The molecule has 0 saturated carbocycles. The molecule has 6 nitrogen and oxygen atoms in total. The van der Waals surface area contributed by atoms with Crippen molar-refractivity contribution in [2.45, 2.75) is 12.8 Å². The molecule has 0 bridgehead atoms. The van der Waals surface area contributed by atoms with E-state index in [1.807, 2.05) is 0 Å². The summed E-state index contributed by atoms with van der Waals surface area (Å²) in [4.78, 5) is 21.7. The number of carbonyl (C=O) groups excluding carboxylic acids is 2. The van der Waals surface area contributed by atoms with Gasteiger partial charge < -0.3 is 0 Å². The van der Waals surface area contributed by atoms with Crippen LogP contribution in [-0.4, -0.2) is 32.0 Å². The topological polar surface area (TPSA) is 92.3 Å². The number of hydrogen-bond acceptors (Lipinski definition) is 4. The second kappa shape index (κ2) is 6.86. The zero-order valence-electron chi connectivity index (χ0n) is 7.63. The Morgan fingerprint density at radius 3 is 1.53 bits per heavy atom. The Kier molecular flexibility index (Phi) is 6.62. The summed E-state index contributed by atoms with van der Waals surface area (Å²) in [5.41, 5.74) is 0. The van der Waals surface area contributed by atoms with Gasteiger partial charge in [0.05, 0.1) is 0 Å². The second-order valence-electron chi connectivity index (χ2n) is 2.43. The zero-order valence-corrected chi connectivity index (χ0v) is 9.95. The molecule has 0 aromatic carbocycles. The second-order valence-corrected chi connectivity index (χ2v) is 4.60. The van der Waals surface area contributed by atoms with Crippen LogP contribution in [0.5, 0.6) is 0 Å². The first kappa shape index (κ1) is 14.5. The first-order valence-electron chi connectivity index (χ1n) is 3.89. The summed E-state index contributed by atoms with van der Waals surface area (Å²) in [7, 11) is -4.14. The lowest BCUT2D eigenvalue weighted by Gasteiger charge is -2.06.